The van der Waals surface area contributed by atoms with Gasteiger partial charge >= 0.3 is 0 Å². The van der Waals surface area contributed by atoms with Crippen molar-refractivity contribution in [3.63, 3.8) is 0 Å². The summed E-state index contributed by atoms with van der Waals surface area (Å²) in [6.07, 6.45) is 1.47. The first kappa shape index (κ1) is 20.2. The molecule has 0 aliphatic rings. The number of aliphatic imine (C=N–C) groups is 1. The Bertz CT molecular complexity index is 744. The van der Waals surface area contributed by atoms with Crippen molar-refractivity contribution in [1.82, 2.24) is 16.0 Å². The Labute approximate surface area is 159 Å². The van der Waals surface area contributed by atoms with Crippen molar-refractivity contribution in [2.75, 3.05) is 33.9 Å². The first-order chi connectivity index (χ1) is 13.2. The Kier molecular flexibility index (Phi) is 8.02. The lowest BCUT2D eigenvalue weighted by Crippen LogP contribution is -2.41. The number of furan rings is 1. The number of nitrogens with one attached hydrogen (secondary N) is 3. The van der Waals surface area contributed by atoms with Gasteiger partial charge in [-0.1, -0.05) is 6.07 Å². The summed E-state index contributed by atoms with van der Waals surface area (Å²) in [7, 11) is 3.21. The minimum Gasteiger partial charge on any atom is -0.493 e. The second kappa shape index (κ2) is 10.7. The van der Waals surface area contributed by atoms with E-state index in [2.05, 4.69) is 20.9 Å². The van der Waals surface area contributed by atoms with Crippen molar-refractivity contribution in [3.8, 4) is 11.5 Å². The van der Waals surface area contributed by atoms with E-state index in [1.165, 1.54) is 6.26 Å². The van der Waals surface area contributed by atoms with Crippen LogP contribution in [0.1, 0.15) is 23.0 Å². The number of rotatable bonds is 9. The lowest BCUT2D eigenvalue weighted by molar-refractivity contribution is 0.0926. The van der Waals surface area contributed by atoms with E-state index in [-0.39, 0.29) is 5.91 Å². The van der Waals surface area contributed by atoms with Crippen molar-refractivity contribution in [3.05, 3.63) is 47.9 Å². The van der Waals surface area contributed by atoms with Gasteiger partial charge in [-0.25, -0.2) is 4.99 Å². The maximum atomic E-state index is 11.8. The second-order valence-electron chi connectivity index (χ2n) is 5.54. The van der Waals surface area contributed by atoms with Crippen LogP contribution in [0.25, 0.3) is 0 Å². The molecule has 1 aromatic carbocycles. The Hall–Kier alpha value is -3.16. The molecule has 2 rings (SSSR count). The van der Waals surface area contributed by atoms with Crippen LogP contribution in [-0.4, -0.2) is 45.7 Å². The Morgan fingerprint density at radius 1 is 1.07 bits per heavy atom. The molecular weight excluding hydrogens is 348 g/mol. The quantitative estimate of drug-likeness (QED) is 0.352. The molecule has 146 valence electrons. The SMILES string of the molecule is CCNC(=NCc1ccc(OC)c(OC)c1)NCCNC(=O)c1ccco1. The third-order valence-electron chi connectivity index (χ3n) is 3.66. The van der Waals surface area contributed by atoms with Crippen LogP contribution < -0.4 is 25.4 Å². The zero-order chi connectivity index (χ0) is 19.5. The summed E-state index contributed by atoms with van der Waals surface area (Å²) in [5.74, 6) is 2.07. The van der Waals surface area contributed by atoms with Gasteiger partial charge in [-0.2, -0.15) is 0 Å². The highest BCUT2D eigenvalue weighted by Crippen LogP contribution is 2.27. The fourth-order valence-corrected chi connectivity index (χ4v) is 2.34. The van der Waals surface area contributed by atoms with E-state index >= 15 is 0 Å². The molecular formula is C19H26N4O4. The molecule has 1 aromatic heterocycles. The highest BCUT2D eigenvalue weighted by Gasteiger charge is 2.07. The number of guanidine groups is 1. The topological polar surface area (TPSA) is 97.1 Å². The fraction of sp³-hybridized carbons (Fsp3) is 0.368. The average Bonchev–Trinajstić information content (AvgIpc) is 3.23. The first-order valence-electron chi connectivity index (χ1n) is 8.72. The van der Waals surface area contributed by atoms with Gasteiger partial charge < -0.3 is 29.8 Å². The van der Waals surface area contributed by atoms with E-state index in [1.807, 2.05) is 25.1 Å². The molecule has 0 aliphatic heterocycles. The molecule has 0 radical (unpaired) electrons. The van der Waals surface area contributed by atoms with Crippen LogP contribution in [0.15, 0.2) is 46.0 Å². The summed E-state index contributed by atoms with van der Waals surface area (Å²) < 4.78 is 15.6. The largest absolute Gasteiger partial charge is 0.493 e. The molecule has 1 heterocycles. The average molecular weight is 374 g/mol. The molecule has 0 bridgehead atoms. The van der Waals surface area contributed by atoms with Gasteiger partial charge in [0.2, 0.25) is 0 Å². The molecule has 3 N–H and O–H groups in total. The molecule has 0 spiro atoms. The molecule has 2 aromatic rings. The molecule has 0 atom stereocenters. The van der Waals surface area contributed by atoms with Crippen LogP contribution in [0.5, 0.6) is 11.5 Å². The van der Waals surface area contributed by atoms with Crippen LogP contribution in [0.4, 0.5) is 0 Å². The third kappa shape index (κ3) is 6.25. The third-order valence-corrected chi connectivity index (χ3v) is 3.66. The zero-order valence-corrected chi connectivity index (χ0v) is 15.9. The predicted molar refractivity (Wildman–Crippen MR) is 103 cm³/mol. The van der Waals surface area contributed by atoms with Crippen LogP contribution in [-0.2, 0) is 6.54 Å². The lowest BCUT2D eigenvalue weighted by atomic mass is 10.2. The van der Waals surface area contributed by atoms with Gasteiger partial charge in [0.25, 0.3) is 5.91 Å². The normalized spacial score (nSPS) is 11.0. The van der Waals surface area contributed by atoms with Gasteiger partial charge in [-0.15, -0.1) is 0 Å². The summed E-state index contributed by atoms with van der Waals surface area (Å²) >= 11 is 0. The number of amides is 1. The van der Waals surface area contributed by atoms with E-state index < -0.39 is 0 Å². The van der Waals surface area contributed by atoms with E-state index in [0.29, 0.717) is 42.9 Å². The number of benzene rings is 1. The second-order valence-corrected chi connectivity index (χ2v) is 5.54. The van der Waals surface area contributed by atoms with Gasteiger partial charge in [0, 0.05) is 19.6 Å². The summed E-state index contributed by atoms with van der Waals surface area (Å²) in [5, 5.41) is 9.13. The maximum absolute atomic E-state index is 11.8. The van der Waals surface area contributed by atoms with Crippen molar-refractivity contribution in [2.45, 2.75) is 13.5 Å². The van der Waals surface area contributed by atoms with Gasteiger partial charge in [0.05, 0.1) is 27.0 Å². The van der Waals surface area contributed by atoms with Gasteiger partial charge in [0.15, 0.2) is 23.2 Å². The summed E-state index contributed by atoms with van der Waals surface area (Å²) in [6.45, 7) is 4.18. The molecule has 1 amide bonds. The Morgan fingerprint density at radius 3 is 2.52 bits per heavy atom. The van der Waals surface area contributed by atoms with E-state index in [4.69, 9.17) is 13.9 Å². The van der Waals surface area contributed by atoms with Crippen molar-refractivity contribution in [1.29, 1.82) is 0 Å². The van der Waals surface area contributed by atoms with Crippen LogP contribution in [0.3, 0.4) is 0 Å². The minimum atomic E-state index is -0.242. The molecule has 0 unspecified atom stereocenters. The van der Waals surface area contributed by atoms with E-state index in [0.717, 1.165) is 12.1 Å². The van der Waals surface area contributed by atoms with Crippen LogP contribution in [0.2, 0.25) is 0 Å². The Balaban J connectivity index is 1.85. The first-order valence-corrected chi connectivity index (χ1v) is 8.72. The van der Waals surface area contributed by atoms with Crippen LogP contribution >= 0.6 is 0 Å². The number of carbonyl (C=O) groups excluding carboxylic acids is 1. The molecule has 8 nitrogen and oxygen atoms in total. The maximum Gasteiger partial charge on any atom is 0.287 e. The molecule has 0 saturated carbocycles. The summed E-state index contributed by atoms with van der Waals surface area (Å²) in [6, 6.07) is 9.00. The predicted octanol–water partition coefficient (Wildman–Crippen LogP) is 1.78. The molecule has 27 heavy (non-hydrogen) atoms. The summed E-state index contributed by atoms with van der Waals surface area (Å²) in [4.78, 5) is 16.3. The monoisotopic (exact) mass is 374 g/mol. The van der Waals surface area contributed by atoms with Gasteiger partial charge in [0.1, 0.15) is 0 Å². The van der Waals surface area contributed by atoms with Gasteiger partial charge in [-0.05, 0) is 36.8 Å². The standard InChI is InChI=1S/C19H26N4O4/c1-4-20-19(22-10-9-21-18(24)16-6-5-11-27-16)23-13-14-7-8-15(25-2)17(12-14)26-3/h5-8,11-12H,4,9-10,13H2,1-3H3,(H,21,24)(H2,20,22,23). The van der Waals surface area contributed by atoms with E-state index in [9.17, 15) is 4.79 Å². The Morgan fingerprint density at radius 2 is 1.85 bits per heavy atom. The number of hydrogen-bond acceptors (Lipinski definition) is 5. The smallest absolute Gasteiger partial charge is 0.287 e. The number of methoxy groups -OCH3 is 2. The highest BCUT2D eigenvalue weighted by molar-refractivity contribution is 5.91. The van der Waals surface area contributed by atoms with Crippen molar-refractivity contribution >= 4 is 11.9 Å². The number of nitrogens with zero attached hydrogens (tertiary/aromatic N) is 1. The molecule has 8 heteroatoms. The number of carbonyl (C=O) groups is 1. The lowest BCUT2D eigenvalue weighted by Gasteiger charge is -2.12. The van der Waals surface area contributed by atoms with Crippen molar-refractivity contribution < 1.29 is 18.7 Å². The fourth-order valence-electron chi connectivity index (χ4n) is 2.34. The van der Waals surface area contributed by atoms with Gasteiger partial charge in [-0.3, -0.25) is 4.79 Å². The van der Waals surface area contributed by atoms with Crippen molar-refractivity contribution in [2.24, 2.45) is 4.99 Å². The number of hydrogen-bond donors (Lipinski definition) is 3. The highest BCUT2D eigenvalue weighted by atomic mass is 16.5. The van der Waals surface area contributed by atoms with Crippen LogP contribution in [0, 0.1) is 0 Å². The molecule has 0 saturated heterocycles. The molecule has 0 aliphatic carbocycles. The minimum absolute atomic E-state index is 0.242. The van der Waals surface area contributed by atoms with E-state index in [1.54, 1.807) is 26.4 Å². The molecule has 0 fully saturated rings. The summed E-state index contributed by atoms with van der Waals surface area (Å²) in [5.41, 5.74) is 0.996. The number of ether oxygens (including phenoxy) is 2. The zero-order valence-electron chi connectivity index (χ0n) is 15.9.